The van der Waals surface area contributed by atoms with Gasteiger partial charge in [-0.15, -0.1) is 0 Å². The van der Waals surface area contributed by atoms with E-state index in [2.05, 4.69) is 9.80 Å². The summed E-state index contributed by atoms with van der Waals surface area (Å²) in [5.74, 6) is -1.10. The van der Waals surface area contributed by atoms with Crippen LogP contribution in [0.4, 0.5) is 4.39 Å². The lowest BCUT2D eigenvalue weighted by molar-refractivity contribution is -0.0939. The fourth-order valence-electron chi connectivity index (χ4n) is 5.39. The van der Waals surface area contributed by atoms with Crippen molar-refractivity contribution in [3.05, 3.63) is 63.5 Å². The van der Waals surface area contributed by atoms with Crippen molar-refractivity contribution >= 4 is 5.97 Å². The molecule has 0 spiro atoms. The van der Waals surface area contributed by atoms with E-state index in [0.29, 0.717) is 30.9 Å². The average Bonchev–Trinajstić information content (AvgIpc) is 3.25. The maximum Gasteiger partial charge on any atom is 0.338 e. The molecule has 8 nitrogen and oxygen atoms in total. The summed E-state index contributed by atoms with van der Waals surface area (Å²) in [6.45, 7) is 6.27. The van der Waals surface area contributed by atoms with Crippen LogP contribution in [0.3, 0.4) is 0 Å². The number of ether oxygens (including phenoxy) is 3. The zero-order valence-electron chi connectivity index (χ0n) is 19.8. The van der Waals surface area contributed by atoms with E-state index >= 15 is 0 Å². The van der Waals surface area contributed by atoms with Crippen molar-refractivity contribution in [3.8, 4) is 11.8 Å². The molecule has 1 unspecified atom stereocenters. The molecule has 0 radical (unpaired) electrons. The molecule has 184 valence electrons. The molecule has 2 fully saturated rings. The number of carbonyl (C=O) groups excluding carboxylic acids is 1. The van der Waals surface area contributed by atoms with Crippen LogP contribution in [-0.2, 0) is 16.1 Å². The first-order chi connectivity index (χ1) is 16.9. The van der Waals surface area contributed by atoms with E-state index in [1.807, 2.05) is 19.1 Å². The average molecular weight is 482 g/mol. The van der Waals surface area contributed by atoms with Gasteiger partial charge in [0.1, 0.15) is 12.7 Å². The predicted molar refractivity (Wildman–Crippen MR) is 123 cm³/mol. The Balaban J connectivity index is 1.23. The van der Waals surface area contributed by atoms with E-state index in [4.69, 9.17) is 19.5 Å². The predicted octanol–water partition coefficient (Wildman–Crippen LogP) is 2.48. The molecule has 5 rings (SSSR count). The third-order valence-electron chi connectivity index (χ3n) is 7.38. The molecule has 3 aliphatic heterocycles. The lowest BCUT2D eigenvalue weighted by Gasteiger charge is -2.46. The Morgan fingerprint density at radius 3 is 2.89 bits per heavy atom. The van der Waals surface area contributed by atoms with Gasteiger partial charge in [0.25, 0.3) is 0 Å². The fraction of sp³-hybridized carbons (Fsp3) is 0.462. The first-order valence-electron chi connectivity index (χ1n) is 11.7. The van der Waals surface area contributed by atoms with Crippen molar-refractivity contribution in [2.45, 2.75) is 31.8 Å². The summed E-state index contributed by atoms with van der Waals surface area (Å²) in [6.07, 6.45) is -1.02. The van der Waals surface area contributed by atoms with Gasteiger partial charge < -0.3 is 19.3 Å². The second-order valence-corrected chi connectivity index (χ2v) is 9.29. The van der Waals surface area contributed by atoms with Crippen molar-refractivity contribution in [1.82, 2.24) is 9.80 Å². The fourth-order valence-corrected chi connectivity index (χ4v) is 5.39. The van der Waals surface area contributed by atoms with Crippen LogP contribution in [0.1, 0.15) is 50.4 Å². The Bertz CT molecular complexity index is 1200. The minimum absolute atomic E-state index is 0.0738. The van der Waals surface area contributed by atoms with Crippen LogP contribution >= 0.6 is 0 Å². The van der Waals surface area contributed by atoms with Crippen molar-refractivity contribution < 1.29 is 28.5 Å². The SMILES string of the molecule is COc1c(C(O)CN2CCN3C[C@@H](c4ccc5c(c4C)COC5=O)OC[C@@H]3C2)ccc(C#N)c1F. The number of halogens is 1. The number of hydrogen-bond donors (Lipinski definition) is 1. The number of hydrogen-bond acceptors (Lipinski definition) is 8. The number of β-amino-alcohol motifs (C(OH)–C–C–N with tert-alkyl or cyclic N) is 1. The monoisotopic (exact) mass is 481 g/mol. The van der Waals surface area contributed by atoms with E-state index in [-0.39, 0.29) is 29.4 Å². The van der Waals surface area contributed by atoms with Crippen molar-refractivity contribution in [2.24, 2.45) is 0 Å². The first-order valence-corrected chi connectivity index (χ1v) is 11.7. The van der Waals surface area contributed by atoms with Gasteiger partial charge in [-0.25, -0.2) is 9.18 Å². The Kier molecular flexibility index (Phi) is 6.47. The standard InChI is InChI=1S/C26H28FN3O5/c1-15-18(5-6-19-21(15)14-35-26(19)32)23-12-30-8-7-29(10-17(30)13-34-23)11-22(31)20-4-3-16(9-28)24(27)25(20)33-2/h3-6,17,22-23,31H,7-8,10-14H2,1-2H3/t17-,22?,23-/m0/s1. The Morgan fingerprint density at radius 2 is 2.11 bits per heavy atom. The molecule has 3 heterocycles. The van der Waals surface area contributed by atoms with Crippen LogP contribution in [0, 0.1) is 24.1 Å². The van der Waals surface area contributed by atoms with E-state index in [9.17, 15) is 14.3 Å². The summed E-state index contributed by atoms with van der Waals surface area (Å²) in [6, 6.07) is 8.71. The van der Waals surface area contributed by atoms with Crippen LogP contribution in [0.15, 0.2) is 24.3 Å². The largest absolute Gasteiger partial charge is 0.493 e. The molecule has 0 aromatic heterocycles. The van der Waals surface area contributed by atoms with Crippen LogP contribution in [-0.4, -0.2) is 73.4 Å². The van der Waals surface area contributed by atoms with Crippen LogP contribution < -0.4 is 4.74 Å². The van der Waals surface area contributed by atoms with Gasteiger partial charge in [-0.3, -0.25) is 9.80 Å². The Hall–Kier alpha value is -3.03. The van der Waals surface area contributed by atoms with E-state index in [1.165, 1.54) is 13.2 Å². The van der Waals surface area contributed by atoms with E-state index < -0.39 is 11.9 Å². The molecule has 9 heteroatoms. The number of carbonyl (C=O) groups is 1. The second-order valence-electron chi connectivity index (χ2n) is 9.29. The van der Waals surface area contributed by atoms with Crippen LogP contribution in [0.25, 0.3) is 0 Å². The molecule has 1 N–H and O–H groups in total. The molecule has 3 aliphatic rings. The third-order valence-corrected chi connectivity index (χ3v) is 7.38. The topological polar surface area (TPSA) is 95.3 Å². The number of methoxy groups -OCH3 is 1. The molecule has 0 saturated carbocycles. The van der Waals surface area contributed by atoms with Gasteiger partial charge in [0.05, 0.1) is 37.1 Å². The molecule has 2 aromatic rings. The van der Waals surface area contributed by atoms with E-state index in [0.717, 1.165) is 42.9 Å². The van der Waals surface area contributed by atoms with Crippen LogP contribution in [0.2, 0.25) is 0 Å². The number of esters is 1. The molecular formula is C26H28FN3O5. The molecule has 2 saturated heterocycles. The number of nitrogens with zero attached hydrogens (tertiary/aromatic N) is 3. The van der Waals surface area contributed by atoms with Gasteiger partial charge in [0, 0.05) is 49.9 Å². The highest BCUT2D eigenvalue weighted by molar-refractivity contribution is 5.93. The van der Waals surface area contributed by atoms with Crippen molar-refractivity contribution in [1.29, 1.82) is 5.26 Å². The molecular weight excluding hydrogens is 453 g/mol. The second kappa shape index (κ2) is 9.55. The number of piperazine rings is 1. The summed E-state index contributed by atoms with van der Waals surface area (Å²) in [7, 11) is 1.33. The number of rotatable bonds is 5. The maximum absolute atomic E-state index is 14.5. The number of benzene rings is 2. The van der Waals surface area contributed by atoms with Gasteiger partial charge in [-0.1, -0.05) is 12.1 Å². The molecule has 0 amide bonds. The lowest BCUT2D eigenvalue weighted by atomic mass is 9.94. The third kappa shape index (κ3) is 4.28. The summed E-state index contributed by atoms with van der Waals surface area (Å²) in [5, 5.41) is 19.9. The number of cyclic esters (lactones) is 1. The van der Waals surface area contributed by atoms with Crippen molar-refractivity contribution in [2.75, 3.05) is 46.4 Å². The number of aliphatic hydroxyl groups excluding tert-OH is 1. The lowest BCUT2D eigenvalue weighted by Crippen LogP contribution is -2.58. The minimum atomic E-state index is -0.949. The van der Waals surface area contributed by atoms with Crippen LogP contribution in [0.5, 0.6) is 5.75 Å². The van der Waals surface area contributed by atoms with Gasteiger partial charge in [0.15, 0.2) is 11.6 Å². The zero-order chi connectivity index (χ0) is 24.7. The highest BCUT2D eigenvalue weighted by Gasteiger charge is 2.36. The quantitative estimate of drug-likeness (QED) is 0.651. The maximum atomic E-state index is 14.5. The van der Waals surface area contributed by atoms with Crippen molar-refractivity contribution in [3.63, 3.8) is 0 Å². The normalized spacial score (nSPS) is 23.2. The minimum Gasteiger partial charge on any atom is -0.493 e. The molecule has 0 aliphatic carbocycles. The first kappa shape index (κ1) is 23.7. The molecule has 0 bridgehead atoms. The summed E-state index contributed by atoms with van der Waals surface area (Å²) >= 11 is 0. The summed E-state index contributed by atoms with van der Waals surface area (Å²) in [4.78, 5) is 16.4. The molecule has 3 atom stereocenters. The summed E-state index contributed by atoms with van der Waals surface area (Å²) in [5.41, 5.74) is 3.96. The Morgan fingerprint density at radius 1 is 1.29 bits per heavy atom. The van der Waals surface area contributed by atoms with Gasteiger partial charge in [0.2, 0.25) is 0 Å². The van der Waals surface area contributed by atoms with Gasteiger partial charge in [-0.2, -0.15) is 5.26 Å². The highest BCUT2D eigenvalue weighted by Crippen LogP contribution is 2.35. The molecule has 2 aromatic carbocycles. The summed E-state index contributed by atoms with van der Waals surface area (Å²) < 4.78 is 31.1. The number of nitriles is 1. The van der Waals surface area contributed by atoms with E-state index in [1.54, 1.807) is 12.1 Å². The molecule has 35 heavy (non-hydrogen) atoms. The highest BCUT2D eigenvalue weighted by atomic mass is 19.1. The Labute approximate surface area is 203 Å². The van der Waals surface area contributed by atoms with Gasteiger partial charge in [-0.05, 0) is 30.2 Å². The number of fused-ring (bicyclic) bond motifs is 2. The zero-order valence-corrected chi connectivity index (χ0v) is 19.8. The number of morpholine rings is 1. The number of aliphatic hydroxyl groups is 1. The smallest absolute Gasteiger partial charge is 0.338 e. The van der Waals surface area contributed by atoms with Gasteiger partial charge >= 0.3 is 5.97 Å².